The standard InChI is InChI=1S/C12H16N2OS2/c1-8-11(16-2)17-12(13-8)14-10(15)7-9-5-3-4-6-9/h3,5,9H,4,6-7H2,1-2H3,(H,13,14,15)/t9-/m0/s1. The molecule has 92 valence electrons. The van der Waals surface area contributed by atoms with Crippen LogP contribution in [0, 0.1) is 12.8 Å². The number of thiazole rings is 1. The summed E-state index contributed by atoms with van der Waals surface area (Å²) in [6, 6.07) is 0. The zero-order valence-electron chi connectivity index (χ0n) is 10.0. The SMILES string of the molecule is CSc1sc(NC(=O)C[C@H]2C=CCC2)nc1C. The minimum atomic E-state index is 0.0722. The molecule has 0 saturated carbocycles. The lowest BCUT2D eigenvalue weighted by Gasteiger charge is -2.06. The van der Waals surface area contributed by atoms with Gasteiger partial charge in [0.2, 0.25) is 5.91 Å². The molecule has 0 radical (unpaired) electrons. The Bertz CT molecular complexity index is 440. The highest BCUT2D eigenvalue weighted by molar-refractivity contribution is 8.00. The van der Waals surface area contributed by atoms with Gasteiger partial charge in [0.1, 0.15) is 0 Å². The fraction of sp³-hybridized carbons (Fsp3) is 0.500. The van der Waals surface area contributed by atoms with E-state index in [0.717, 1.165) is 23.7 Å². The molecule has 0 aromatic carbocycles. The number of carbonyl (C=O) groups excluding carboxylic acids is 1. The van der Waals surface area contributed by atoms with Gasteiger partial charge in [0.15, 0.2) is 5.13 Å². The Morgan fingerprint density at radius 3 is 3.12 bits per heavy atom. The number of rotatable bonds is 4. The van der Waals surface area contributed by atoms with E-state index >= 15 is 0 Å². The Labute approximate surface area is 110 Å². The Morgan fingerprint density at radius 1 is 1.71 bits per heavy atom. The molecule has 17 heavy (non-hydrogen) atoms. The van der Waals surface area contributed by atoms with E-state index in [2.05, 4.69) is 22.5 Å². The average molecular weight is 268 g/mol. The molecule has 0 saturated heterocycles. The minimum absolute atomic E-state index is 0.0722. The summed E-state index contributed by atoms with van der Waals surface area (Å²) in [5.41, 5.74) is 0.999. The van der Waals surface area contributed by atoms with Crippen molar-refractivity contribution in [2.75, 3.05) is 11.6 Å². The molecule has 2 rings (SSSR count). The van der Waals surface area contributed by atoms with Crippen LogP contribution in [0.15, 0.2) is 16.4 Å². The summed E-state index contributed by atoms with van der Waals surface area (Å²) in [6.45, 7) is 1.97. The quantitative estimate of drug-likeness (QED) is 0.671. The predicted molar refractivity (Wildman–Crippen MR) is 73.7 cm³/mol. The van der Waals surface area contributed by atoms with Crippen LogP contribution in [0.2, 0.25) is 0 Å². The van der Waals surface area contributed by atoms with Crippen molar-refractivity contribution in [3.05, 3.63) is 17.8 Å². The summed E-state index contributed by atoms with van der Waals surface area (Å²) in [7, 11) is 0. The second kappa shape index (κ2) is 5.69. The second-order valence-electron chi connectivity index (χ2n) is 4.11. The van der Waals surface area contributed by atoms with Gasteiger partial charge in [-0.05, 0) is 31.9 Å². The second-order valence-corrected chi connectivity index (χ2v) is 6.19. The van der Waals surface area contributed by atoms with E-state index in [1.54, 1.807) is 23.1 Å². The average Bonchev–Trinajstić information content (AvgIpc) is 2.88. The third-order valence-corrected chi connectivity index (χ3v) is 5.03. The Kier molecular flexibility index (Phi) is 4.23. The highest BCUT2D eigenvalue weighted by atomic mass is 32.2. The van der Waals surface area contributed by atoms with Crippen molar-refractivity contribution in [1.29, 1.82) is 0 Å². The fourth-order valence-corrected chi connectivity index (χ4v) is 3.53. The van der Waals surface area contributed by atoms with Crippen molar-refractivity contribution in [3.63, 3.8) is 0 Å². The fourth-order valence-electron chi connectivity index (χ4n) is 1.90. The van der Waals surface area contributed by atoms with Gasteiger partial charge in [-0.3, -0.25) is 4.79 Å². The number of thioether (sulfide) groups is 1. The first-order valence-corrected chi connectivity index (χ1v) is 7.71. The van der Waals surface area contributed by atoms with Crippen LogP contribution in [0.1, 0.15) is 25.0 Å². The third-order valence-electron chi connectivity index (χ3n) is 2.75. The van der Waals surface area contributed by atoms with Crippen LogP contribution >= 0.6 is 23.1 Å². The highest BCUT2D eigenvalue weighted by Crippen LogP contribution is 2.30. The smallest absolute Gasteiger partial charge is 0.226 e. The molecule has 0 fully saturated rings. The molecule has 1 amide bonds. The summed E-state index contributed by atoms with van der Waals surface area (Å²) in [5.74, 6) is 0.485. The monoisotopic (exact) mass is 268 g/mol. The number of aryl methyl sites for hydroxylation is 1. The maximum absolute atomic E-state index is 11.8. The first-order valence-electron chi connectivity index (χ1n) is 5.67. The summed E-state index contributed by atoms with van der Waals surface area (Å²) < 4.78 is 1.17. The first kappa shape index (κ1) is 12.6. The molecule has 1 heterocycles. The van der Waals surface area contributed by atoms with Crippen LogP contribution in [0.3, 0.4) is 0 Å². The normalized spacial score (nSPS) is 18.6. The lowest BCUT2D eigenvalue weighted by atomic mass is 10.1. The Balaban J connectivity index is 1.90. The van der Waals surface area contributed by atoms with Gasteiger partial charge in [-0.15, -0.1) is 11.8 Å². The predicted octanol–water partition coefficient (Wildman–Crippen LogP) is 3.47. The van der Waals surface area contributed by atoms with E-state index in [1.807, 2.05) is 13.2 Å². The number of aromatic nitrogens is 1. The lowest BCUT2D eigenvalue weighted by molar-refractivity contribution is -0.116. The van der Waals surface area contributed by atoms with Gasteiger partial charge in [0.25, 0.3) is 0 Å². The number of amides is 1. The number of hydrogen-bond donors (Lipinski definition) is 1. The molecule has 1 aliphatic carbocycles. The van der Waals surface area contributed by atoms with E-state index in [0.29, 0.717) is 12.3 Å². The molecule has 1 aromatic heterocycles. The molecule has 5 heteroatoms. The molecule has 3 nitrogen and oxygen atoms in total. The maximum Gasteiger partial charge on any atom is 0.226 e. The Morgan fingerprint density at radius 2 is 2.53 bits per heavy atom. The molecule has 1 atom stereocenters. The summed E-state index contributed by atoms with van der Waals surface area (Å²) >= 11 is 3.22. The van der Waals surface area contributed by atoms with E-state index in [9.17, 15) is 4.79 Å². The van der Waals surface area contributed by atoms with Crippen LogP contribution in [0.25, 0.3) is 0 Å². The van der Waals surface area contributed by atoms with Crippen molar-refractivity contribution in [2.24, 2.45) is 5.92 Å². The van der Waals surface area contributed by atoms with E-state index in [4.69, 9.17) is 0 Å². The van der Waals surface area contributed by atoms with Gasteiger partial charge in [0, 0.05) is 6.42 Å². The molecule has 0 unspecified atom stereocenters. The van der Waals surface area contributed by atoms with Gasteiger partial charge in [-0.25, -0.2) is 4.98 Å². The van der Waals surface area contributed by atoms with Crippen molar-refractivity contribution >= 4 is 34.1 Å². The highest BCUT2D eigenvalue weighted by Gasteiger charge is 2.15. The number of nitrogens with one attached hydrogen (secondary N) is 1. The van der Waals surface area contributed by atoms with Gasteiger partial charge in [-0.1, -0.05) is 23.5 Å². The molecular weight excluding hydrogens is 252 g/mol. The first-order chi connectivity index (χ1) is 8.19. The van der Waals surface area contributed by atoms with Crippen LogP contribution < -0.4 is 5.32 Å². The van der Waals surface area contributed by atoms with E-state index in [-0.39, 0.29) is 5.91 Å². The molecule has 1 aliphatic rings. The molecule has 0 aliphatic heterocycles. The van der Waals surface area contributed by atoms with Gasteiger partial charge < -0.3 is 5.32 Å². The Hall–Kier alpha value is -0.810. The van der Waals surface area contributed by atoms with E-state index in [1.165, 1.54) is 4.21 Å². The number of anilines is 1. The van der Waals surface area contributed by atoms with Gasteiger partial charge in [0.05, 0.1) is 9.90 Å². The molecule has 0 bridgehead atoms. The van der Waals surface area contributed by atoms with Crippen LogP contribution in [0.5, 0.6) is 0 Å². The summed E-state index contributed by atoms with van der Waals surface area (Å²) in [6.07, 6.45) is 9.09. The van der Waals surface area contributed by atoms with Crippen molar-refractivity contribution in [3.8, 4) is 0 Å². The molecule has 1 N–H and O–H groups in total. The molecule has 1 aromatic rings. The summed E-state index contributed by atoms with van der Waals surface area (Å²) in [4.78, 5) is 16.1. The van der Waals surface area contributed by atoms with E-state index < -0.39 is 0 Å². The number of hydrogen-bond acceptors (Lipinski definition) is 4. The third kappa shape index (κ3) is 3.33. The zero-order chi connectivity index (χ0) is 12.3. The van der Waals surface area contributed by atoms with Crippen molar-refractivity contribution in [1.82, 2.24) is 4.98 Å². The number of carbonyl (C=O) groups is 1. The molecule has 0 spiro atoms. The van der Waals surface area contributed by atoms with Gasteiger partial charge >= 0.3 is 0 Å². The van der Waals surface area contributed by atoms with Crippen molar-refractivity contribution < 1.29 is 4.79 Å². The van der Waals surface area contributed by atoms with Crippen LogP contribution in [0.4, 0.5) is 5.13 Å². The topological polar surface area (TPSA) is 42.0 Å². The van der Waals surface area contributed by atoms with Crippen molar-refractivity contribution in [2.45, 2.75) is 30.4 Å². The van der Waals surface area contributed by atoms with Gasteiger partial charge in [-0.2, -0.15) is 0 Å². The maximum atomic E-state index is 11.8. The molecular formula is C12H16N2OS2. The summed E-state index contributed by atoms with van der Waals surface area (Å²) in [5, 5.41) is 3.61. The van der Waals surface area contributed by atoms with Crippen LogP contribution in [-0.4, -0.2) is 17.1 Å². The van der Waals surface area contributed by atoms with Crippen LogP contribution in [-0.2, 0) is 4.79 Å². The largest absolute Gasteiger partial charge is 0.302 e. The lowest BCUT2D eigenvalue weighted by Crippen LogP contribution is -2.14. The minimum Gasteiger partial charge on any atom is -0.302 e. The number of allylic oxidation sites excluding steroid dienone is 2. The zero-order valence-corrected chi connectivity index (χ0v) is 11.7. The number of nitrogens with zero attached hydrogens (tertiary/aromatic N) is 1.